The van der Waals surface area contributed by atoms with Crippen molar-refractivity contribution in [2.45, 2.75) is 0 Å². The number of hydrogen-bond donors (Lipinski definition) is 1. The minimum absolute atomic E-state index is 0.156. The van der Waals surface area contributed by atoms with Gasteiger partial charge in [-0.25, -0.2) is 4.79 Å². The van der Waals surface area contributed by atoms with E-state index >= 15 is 0 Å². The standard InChI is InChI=1S/C12H7IO4/c13-7-1-3-9(10(5-7)12(15)16)11-4-2-8(6-14)17-11/h1-6H,(H,15,16). The fourth-order valence-corrected chi connectivity index (χ4v) is 1.96. The first kappa shape index (κ1) is 11.8. The molecule has 0 unspecified atom stereocenters. The van der Waals surface area contributed by atoms with E-state index in [1.807, 2.05) is 22.6 Å². The smallest absolute Gasteiger partial charge is 0.336 e. The predicted molar refractivity (Wildman–Crippen MR) is 69.2 cm³/mol. The van der Waals surface area contributed by atoms with Gasteiger partial charge < -0.3 is 9.52 Å². The van der Waals surface area contributed by atoms with Gasteiger partial charge in [0.05, 0.1) is 5.56 Å². The third-order valence-corrected chi connectivity index (χ3v) is 2.89. The van der Waals surface area contributed by atoms with Crippen molar-refractivity contribution in [3.63, 3.8) is 0 Å². The van der Waals surface area contributed by atoms with E-state index in [0.717, 1.165) is 3.57 Å². The molecule has 0 radical (unpaired) electrons. The highest BCUT2D eigenvalue weighted by atomic mass is 127. The first-order valence-corrected chi connectivity index (χ1v) is 5.78. The molecule has 1 heterocycles. The summed E-state index contributed by atoms with van der Waals surface area (Å²) in [6, 6.07) is 8.09. The van der Waals surface area contributed by atoms with Crippen LogP contribution in [-0.4, -0.2) is 17.4 Å². The van der Waals surface area contributed by atoms with Crippen LogP contribution in [0.1, 0.15) is 20.9 Å². The van der Waals surface area contributed by atoms with Crippen LogP contribution in [0.15, 0.2) is 34.7 Å². The van der Waals surface area contributed by atoms with Crippen molar-refractivity contribution in [2.24, 2.45) is 0 Å². The molecule has 0 aliphatic heterocycles. The van der Waals surface area contributed by atoms with E-state index in [4.69, 9.17) is 9.52 Å². The van der Waals surface area contributed by atoms with E-state index in [1.54, 1.807) is 24.3 Å². The highest BCUT2D eigenvalue weighted by Crippen LogP contribution is 2.27. The van der Waals surface area contributed by atoms with Crippen molar-refractivity contribution in [3.8, 4) is 11.3 Å². The number of hydrogen-bond acceptors (Lipinski definition) is 3. The molecule has 0 spiro atoms. The number of carbonyl (C=O) groups is 2. The first-order chi connectivity index (χ1) is 8.11. The lowest BCUT2D eigenvalue weighted by Crippen LogP contribution is -1.99. The Balaban J connectivity index is 2.58. The maximum Gasteiger partial charge on any atom is 0.336 e. The van der Waals surface area contributed by atoms with Crippen LogP contribution in [0.25, 0.3) is 11.3 Å². The van der Waals surface area contributed by atoms with Crippen molar-refractivity contribution in [2.75, 3.05) is 0 Å². The Morgan fingerprint density at radius 3 is 2.65 bits per heavy atom. The number of carboxylic acid groups (broad SMARTS) is 1. The van der Waals surface area contributed by atoms with Gasteiger partial charge in [-0.15, -0.1) is 0 Å². The summed E-state index contributed by atoms with van der Waals surface area (Å²) in [4.78, 5) is 21.6. The van der Waals surface area contributed by atoms with Crippen LogP contribution in [0.2, 0.25) is 0 Å². The predicted octanol–water partition coefficient (Wildman–Crippen LogP) is 3.06. The van der Waals surface area contributed by atoms with Gasteiger partial charge in [-0.3, -0.25) is 4.79 Å². The molecule has 0 saturated heterocycles. The highest BCUT2D eigenvalue weighted by Gasteiger charge is 2.14. The average molecular weight is 342 g/mol. The third kappa shape index (κ3) is 2.38. The molecule has 2 rings (SSSR count). The number of furan rings is 1. The van der Waals surface area contributed by atoms with Crippen LogP contribution in [0, 0.1) is 3.57 Å². The fraction of sp³-hybridized carbons (Fsp3) is 0. The van der Waals surface area contributed by atoms with Crippen molar-refractivity contribution in [1.82, 2.24) is 0 Å². The molecule has 0 saturated carbocycles. The second-order valence-corrected chi connectivity index (χ2v) is 4.56. The lowest BCUT2D eigenvalue weighted by atomic mass is 10.1. The van der Waals surface area contributed by atoms with Gasteiger partial charge >= 0.3 is 5.97 Å². The number of benzene rings is 1. The van der Waals surface area contributed by atoms with Crippen LogP contribution >= 0.6 is 22.6 Å². The molecule has 0 atom stereocenters. The molecule has 0 aliphatic carbocycles. The summed E-state index contributed by atoms with van der Waals surface area (Å²) in [7, 11) is 0. The van der Waals surface area contributed by atoms with Crippen LogP contribution in [0.5, 0.6) is 0 Å². The minimum Gasteiger partial charge on any atom is -0.478 e. The van der Waals surface area contributed by atoms with Crippen LogP contribution in [0.4, 0.5) is 0 Å². The second kappa shape index (κ2) is 4.70. The monoisotopic (exact) mass is 342 g/mol. The molecule has 0 amide bonds. The summed E-state index contributed by atoms with van der Waals surface area (Å²) in [5.41, 5.74) is 0.620. The normalized spacial score (nSPS) is 10.2. The molecule has 0 fully saturated rings. The Labute approximate surface area is 110 Å². The quantitative estimate of drug-likeness (QED) is 0.688. The molecule has 86 valence electrons. The molecule has 1 N–H and O–H groups in total. The Morgan fingerprint density at radius 1 is 1.29 bits per heavy atom. The number of carboxylic acids is 1. The zero-order valence-electron chi connectivity index (χ0n) is 8.51. The maximum atomic E-state index is 11.1. The Morgan fingerprint density at radius 2 is 2.06 bits per heavy atom. The maximum absolute atomic E-state index is 11.1. The number of halogens is 1. The Kier molecular flexibility index (Phi) is 3.28. The van der Waals surface area contributed by atoms with Crippen molar-refractivity contribution >= 4 is 34.8 Å². The zero-order valence-corrected chi connectivity index (χ0v) is 10.7. The molecular weight excluding hydrogens is 335 g/mol. The average Bonchev–Trinajstić information content (AvgIpc) is 2.77. The van der Waals surface area contributed by atoms with Crippen molar-refractivity contribution in [3.05, 3.63) is 45.2 Å². The summed E-state index contributed by atoms with van der Waals surface area (Å²) >= 11 is 2.04. The molecule has 17 heavy (non-hydrogen) atoms. The van der Waals surface area contributed by atoms with Gasteiger partial charge in [-0.2, -0.15) is 0 Å². The van der Waals surface area contributed by atoms with Crippen molar-refractivity contribution in [1.29, 1.82) is 0 Å². The molecule has 2 aromatic rings. The lowest BCUT2D eigenvalue weighted by molar-refractivity contribution is 0.0697. The van der Waals surface area contributed by atoms with Crippen LogP contribution in [0.3, 0.4) is 0 Å². The lowest BCUT2D eigenvalue weighted by Gasteiger charge is -2.03. The topological polar surface area (TPSA) is 67.5 Å². The molecule has 5 heteroatoms. The summed E-state index contributed by atoms with van der Waals surface area (Å²) in [5, 5.41) is 9.10. The van der Waals surface area contributed by atoms with Gasteiger partial charge in [0.25, 0.3) is 0 Å². The number of aldehydes is 1. The van der Waals surface area contributed by atoms with Crippen molar-refractivity contribution < 1.29 is 19.1 Å². The second-order valence-electron chi connectivity index (χ2n) is 3.31. The fourth-order valence-electron chi connectivity index (χ4n) is 1.47. The molecule has 1 aromatic heterocycles. The number of aromatic carboxylic acids is 1. The summed E-state index contributed by atoms with van der Waals surface area (Å²) in [6.07, 6.45) is 0.580. The van der Waals surface area contributed by atoms with Gasteiger partial charge in [0.15, 0.2) is 12.0 Å². The molecule has 0 aliphatic rings. The number of rotatable bonds is 3. The Bertz CT molecular complexity index is 586. The molecule has 0 bridgehead atoms. The van der Waals surface area contributed by atoms with E-state index in [2.05, 4.69) is 0 Å². The summed E-state index contributed by atoms with van der Waals surface area (Å²) in [6.45, 7) is 0. The van der Waals surface area contributed by atoms with E-state index in [0.29, 0.717) is 17.6 Å². The van der Waals surface area contributed by atoms with Gasteiger partial charge in [-0.1, -0.05) is 0 Å². The van der Waals surface area contributed by atoms with E-state index in [-0.39, 0.29) is 11.3 Å². The summed E-state index contributed by atoms with van der Waals surface area (Å²) < 4.78 is 6.04. The van der Waals surface area contributed by atoms with E-state index < -0.39 is 5.97 Å². The van der Waals surface area contributed by atoms with E-state index in [1.165, 1.54) is 6.07 Å². The van der Waals surface area contributed by atoms with Gasteiger partial charge in [-0.05, 0) is 52.9 Å². The summed E-state index contributed by atoms with van der Waals surface area (Å²) in [5.74, 6) is -0.474. The molecular formula is C12H7IO4. The molecule has 4 nitrogen and oxygen atoms in total. The molecule has 1 aromatic carbocycles. The highest BCUT2D eigenvalue weighted by molar-refractivity contribution is 14.1. The SMILES string of the molecule is O=Cc1ccc(-c2ccc(I)cc2C(=O)O)o1. The minimum atomic E-state index is -1.03. The third-order valence-electron chi connectivity index (χ3n) is 2.22. The Hall–Kier alpha value is -1.63. The largest absolute Gasteiger partial charge is 0.478 e. The van der Waals surface area contributed by atoms with Crippen LogP contribution in [-0.2, 0) is 0 Å². The van der Waals surface area contributed by atoms with Gasteiger partial charge in [0.2, 0.25) is 0 Å². The van der Waals surface area contributed by atoms with Crippen LogP contribution < -0.4 is 0 Å². The van der Waals surface area contributed by atoms with Gasteiger partial charge in [0, 0.05) is 9.13 Å². The van der Waals surface area contributed by atoms with Gasteiger partial charge in [0.1, 0.15) is 5.76 Å². The first-order valence-electron chi connectivity index (χ1n) is 4.70. The number of carbonyl (C=O) groups excluding carboxylic acids is 1. The van der Waals surface area contributed by atoms with E-state index in [9.17, 15) is 9.59 Å². The zero-order chi connectivity index (χ0) is 12.4.